The van der Waals surface area contributed by atoms with Gasteiger partial charge in [-0.1, -0.05) is 6.42 Å². The predicted octanol–water partition coefficient (Wildman–Crippen LogP) is 2.32. The van der Waals surface area contributed by atoms with Gasteiger partial charge in [-0.25, -0.2) is 0 Å². The summed E-state index contributed by atoms with van der Waals surface area (Å²) in [6, 6.07) is 4.19. The molecule has 1 heterocycles. The first-order chi connectivity index (χ1) is 9.98. The Bertz CT molecular complexity index is 565. The second-order valence-corrected chi connectivity index (χ2v) is 5.35. The van der Waals surface area contributed by atoms with Crippen LogP contribution in [0.25, 0.3) is 0 Å². The molecule has 1 saturated carbocycles. The van der Waals surface area contributed by atoms with Crippen LogP contribution < -0.4 is 20.5 Å². The molecule has 114 valence electrons. The van der Waals surface area contributed by atoms with E-state index in [4.69, 9.17) is 5.73 Å². The minimum Gasteiger partial charge on any atom is -0.395 e. The Morgan fingerprint density at radius 2 is 2.10 bits per heavy atom. The van der Waals surface area contributed by atoms with Gasteiger partial charge in [-0.15, -0.1) is 8.78 Å². The number of hydrogen-bond acceptors (Lipinski definition) is 4. The van der Waals surface area contributed by atoms with E-state index >= 15 is 0 Å². The SMILES string of the molecule is NCC1CCCC1C(=O)Nc1ccc2c(c1)OC(F)(F)O2. The van der Waals surface area contributed by atoms with Crippen LogP contribution in [0, 0.1) is 11.8 Å². The van der Waals surface area contributed by atoms with Gasteiger partial charge in [0.25, 0.3) is 0 Å². The third-order valence-corrected chi connectivity index (χ3v) is 3.97. The predicted molar refractivity (Wildman–Crippen MR) is 71.2 cm³/mol. The molecule has 1 fully saturated rings. The van der Waals surface area contributed by atoms with Gasteiger partial charge in [0.2, 0.25) is 5.91 Å². The number of benzene rings is 1. The molecule has 0 bridgehead atoms. The lowest BCUT2D eigenvalue weighted by molar-refractivity contribution is -0.286. The van der Waals surface area contributed by atoms with Crippen LogP contribution in [-0.2, 0) is 4.79 Å². The van der Waals surface area contributed by atoms with Crippen LogP contribution in [-0.4, -0.2) is 18.7 Å². The summed E-state index contributed by atoms with van der Waals surface area (Å²) in [7, 11) is 0. The van der Waals surface area contributed by atoms with Gasteiger partial charge >= 0.3 is 6.29 Å². The third-order valence-electron chi connectivity index (χ3n) is 3.97. The van der Waals surface area contributed by atoms with Crippen molar-refractivity contribution in [1.82, 2.24) is 0 Å². The summed E-state index contributed by atoms with van der Waals surface area (Å²) in [6.07, 6.45) is -0.924. The van der Waals surface area contributed by atoms with Gasteiger partial charge in [0, 0.05) is 17.7 Å². The summed E-state index contributed by atoms with van der Waals surface area (Å²) in [5.41, 5.74) is 6.06. The van der Waals surface area contributed by atoms with Gasteiger partial charge in [-0.05, 0) is 37.4 Å². The first-order valence-electron chi connectivity index (χ1n) is 6.89. The topological polar surface area (TPSA) is 73.6 Å². The number of anilines is 1. The average molecular weight is 298 g/mol. The number of carbonyl (C=O) groups excluding carboxylic acids is 1. The molecule has 1 aromatic rings. The van der Waals surface area contributed by atoms with E-state index in [2.05, 4.69) is 14.8 Å². The van der Waals surface area contributed by atoms with Gasteiger partial charge in [-0.2, -0.15) is 0 Å². The van der Waals surface area contributed by atoms with Crippen molar-refractivity contribution < 1.29 is 23.0 Å². The molecule has 1 aliphatic heterocycles. The van der Waals surface area contributed by atoms with Crippen molar-refractivity contribution in [2.24, 2.45) is 17.6 Å². The monoisotopic (exact) mass is 298 g/mol. The van der Waals surface area contributed by atoms with Crippen LogP contribution in [0.15, 0.2) is 18.2 Å². The second kappa shape index (κ2) is 5.14. The summed E-state index contributed by atoms with van der Waals surface area (Å²) >= 11 is 0. The minimum atomic E-state index is -3.65. The summed E-state index contributed by atoms with van der Waals surface area (Å²) in [5.74, 6) is -0.197. The first-order valence-corrected chi connectivity index (χ1v) is 6.89. The van der Waals surface area contributed by atoms with Gasteiger partial charge < -0.3 is 20.5 Å². The molecule has 0 aromatic heterocycles. The molecule has 2 aliphatic rings. The van der Waals surface area contributed by atoms with E-state index in [1.165, 1.54) is 18.2 Å². The Morgan fingerprint density at radius 3 is 2.86 bits per heavy atom. The molecule has 5 nitrogen and oxygen atoms in total. The molecule has 0 saturated heterocycles. The number of carbonyl (C=O) groups is 1. The van der Waals surface area contributed by atoms with Crippen LogP contribution in [0.1, 0.15) is 19.3 Å². The molecule has 1 amide bonds. The number of nitrogens with one attached hydrogen (secondary N) is 1. The van der Waals surface area contributed by atoms with Crippen LogP contribution in [0.3, 0.4) is 0 Å². The van der Waals surface area contributed by atoms with Gasteiger partial charge in [-0.3, -0.25) is 4.79 Å². The largest absolute Gasteiger partial charge is 0.586 e. The van der Waals surface area contributed by atoms with E-state index in [1.807, 2.05) is 0 Å². The van der Waals surface area contributed by atoms with Crippen molar-refractivity contribution in [2.45, 2.75) is 25.6 Å². The lowest BCUT2D eigenvalue weighted by Gasteiger charge is -2.17. The number of amides is 1. The highest BCUT2D eigenvalue weighted by Gasteiger charge is 2.43. The van der Waals surface area contributed by atoms with Crippen LogP contribution in [0.4, 0.5) is 14.5 Å². The number of nitrogens with two attached hydrogens (primary N) is 1. The smallest absolute Gasteiger partial charge is 0.395 e. The Hall–Kier alpha value is -1.89. The third kappa shape index (κ3) is 2.78. The van der Waals surface area contributed by atoms with Gasteiger partial charge in [0.1, 0.15) is 0 Å². The molecule has 0 radical (unpaired) electrons. The van der Waals surface area contributed by atoms with Crippen molar-refractivity contribution in [3.8, 4) is 11.5 Å². The van der Waals surface area contributed by atoms with E-state index in [1.54, 1.807) is 0 Å². The zero-order valence-electron chi connectivity index (χ0n) is 11.3. The Labute approximate surface area is 120 Å². The van der Waals surface area contributed by atoms with Crippen LogP contribution >= 0.6 is 0 Å². The van der Waals surface area contributed by atoms with E-state index in [0.29, 0.717) is 12.2 Å². The average Bonchev–Trinajstić information content (AvgIpc) is 3.00. The molecule has 2 unspecified atom stereocenters. The fraction of sp³-hybridized carbons (Fsp3) is 0.500. The molecular formula is C14H16F2N2O3. The maximum absolute atomic E-state index is 12.9. The fourth-order valence-electron chi connectivity index (χ4n) is 2.93. The van der Waals surface area contributed by atoms with E-state index in [-0.39, 0.29) is 29.2 Å². The van der Waals surface area contributed by atoms with Gasteiger partial charge in [0.15, 0.2) is 11.5 Å². The Balaban J connectivity index is 1.70. The number of halogens is 2. The molecular weight excluding hydrogens is 282 g/mol. The van der Waals surface area contributed by atoms with Crippen LogP contribution in [0.5, 0.6) is 11.5 Å². The lowest BCUT2D eigenvalue weighted by Crippen LogP contribution is -2.29. The summed E-state index contributed by atoms with van der Waals surface area (Å²) in [4.78, 5) is 12.2. The molecule has 3 rings (SSSR count). The molecule has 1 aliphatic carbocycles. The standard InChI is InChI=1S/C14H16F2N2O3/c15-14(16)20-11-5-4-9(6-12(11)21-14)18-13(19)10-3-1-2-8(10)7-17/h4-6,8,10H,1-3,7,17H2,(H,18,19). The minimum absolute atomic E-state index is 0.0429. The molecule has 21 heavy (non-hydrogen) atoms. The first kappa shape index (κ1) is 14.1. The van der Waals surface area contributed by atoms with E-state index in [0.717, 1.165) is 19.3 Å². The highest BCUT2D eigenvalue weighted by molar-refractivity contribution is 5.93. The quantitative estimate of drug-likeness (QED) is 0.898. The maximum Gasteiger partial charge on any atom is 0.586 e. The highest BCUT2D eigenvalue weighted by Crippen LogP contribution is 2.42. The Morgan fingerprint density at radius 1 is 1.33 bits per heavy atom. The van der Waals surface area contributed by atoms with Crippen molar-refractivity contribution in [3.05, 3.63) is 18.2 Å². The zero-order chi connectivity index (χ0) is 15.0. The maximum atomic E-state index is 12.9. The molecule has 3 N–H and O–H groups in total. The number of rotatable bonds is 3. The van der Waals surface area contributed by atoms with E-state index < -0.39 is 6.29 Å². The molecule has 7 heteroatoms. The number of fused-ring (bicyclic) bond motifs is 1. The molecule has 0 spiro atoms. The lowest BCUT2D eigenvalue weighted by atomic mass is 9.95. The highest BCUT2D eigenvalue weighted by atomic mass is 19.3. The summed E-state index contributed by atoms with van der Waals surface area (Å²) in [5, 5.41) is 2.73. The van der Waals surface area contributed by atoms with Crippen molar-refractivity contribution >= 4 is 11.6 Å². The Kier molecular flexibility index (Phi) is 3.44. The van der Waals surface area contributed by atoms with Crippen molar-refractivity contribution in [1.29, 1.82) is 0 Å². The number of hydrogen-bond donors (Lipinski definition) is 2. The van der Waals surface area contributed by atoms with E-state index in [9.17, 15) is 13.6 Å². The summed E-state index contributed by atoms with van der Waals surface area (Å²) in [6.45, 7) is 0.478. The molecule has 1 aromatic carbocycles. The second-order valence-electron chi connectivity index (χ2n) is 5.35. The molecule has 2 atom stereocenters. The normalized spacial score (nSPS) is 25.9. The number of alkyl halides is 2. The van der Waals surface area contributed by atoms with Crippen molar-refractivity contribution in [2.75, 3.05) is 11.9 Å². The van der Waals surface area contributed by atoms with Crippen molar-refractivity contribution in [3.63, 3.8) is 0 Å². The summed E-state index contributed by atoms with van der Waals surface area (Å²) < 4.78 is 34.5. The van der Waals surface area contributed by atoms with Gasteiger partial charge in [0.05, 0.1) is 0 Å². The van der Waals surface area contributed by atoms with Crippen LogP contribution in [0.2, 0.25) is 0 Å². The number of ether oxygens (including phenoxy) is 2. The fourth-order valence-corrected chi connectivity index (χ4v) is 2.93. The zero-order valence-corrected chi connectivity index (χ0v) is 11.3.